The molecule has 0 bridgehead atoms. The van der Waals surface area contributed by atoms with Gasteiger partial charge in [-0.25, -0.2) is 9.13 Å². The third kappa shape index (κ3) is 77.4. The Kier molecular flexibility index (Phi) is 74.8. The monoisotopic (exact) mass is 1530 g/mol. The van der Waals surface area contributed by atoms with Gasteiger partial charge in [0.05, 0.1) is 26.4 Å². The molecule has 0 aliphatic heterocycles. The van der Waals surface area contributed by atoms with Gasteiger partial charge in [0.2, 0.25) is 0 Å². The van der Waals surface area contributed by atoms with Crippen LogP contribution in [0.5, 0.6) is 0 Å². The largest absolute Gasteiger partial charge is 0.472 e. The summed E-state index contributed by atoms with van der Waals surface area (Å²) in [6.07, 6.45) is 88.4. The highest BCUT2D eigenvalue weighted by molar-refractivity contribution is 7.47. The summed E-state index contributed by atoms with van der Waals surface area (Å²) in [5, 5.41) is 10.7. The molecule has 3 N–H and O–H groups in total. The number of aliphatic hydroxyl groups excluding tert-OH is 1. The van der Waals surface area contributed by atoms with Gasteiger partial charge in [-0.15, -0.1) is 0 Å². The van der Waals surface area contributed by atoms with Crippen LogP contribution in [-0.4, -0.2) is 96.7 Å². The lowest BCUT2D eigenvalue weighted by molar-refractivity contribution is -0.161. The van der Waals surface area contributed by atoms with E-state index in [1.54, 1.807) is 0 Å². The molecule has 0 saturated heterocycles. The Morgan fingerprint density at radius 3 is 0.783 bits per heavy atom. The Hall–Kier alpha value is -4.80. The average molecular weight is 1530 g/mol. The van der Waals surface area contributed by atoms with E-state index in [9.17, 15) is 43.2 Å². The molecule has 0 saturated carbocycles. The zero-order valence-electron chi connectivity index (χ0n) is 66.6. The summed E-state index contributed by atoms with van der Waals surface area (Å²) in [6.45, 7) is 4.58. The first-order valence-electron chi connectivity index (χ1n) is 41.4. The van der Waals surface area contributed by atoms with Gasteiger partial charge < -0.3 is 33.8 Å². The molecule has 0 aliphatic rings. The second-order valence-corrected chi connectivity index (χ2v) is 30.2. The van der Waals surface area contributed by atoms with Crippen molar-refractivity contribution in [2.45, 2.75) is 354 Å². The van der Waals surface area contributed by atoms with Crippen molar-refractivity contribution in [1.29, 1.82) is 0 Å². The molecule has 0 heterocycles. The fraction of sp³-hybridized carbons (Fsp3) is 0.701. The van der Waals surface area contributed by atoms with Crippen LogP contribution in [0.15, 0.2) is 134 Å². The van der Waals surface area contributed by atoms with E-state index in [2.05, 4.69) is 161 Å². The SMILES string of the molecule is CC/C=C\C/C=C\C/C=C\C/C=C\CCCCCCCCC(=O)OCC(COP(=O)(O)OCC(O)COP(=O)(O)OCC(COC(=O)CCCCCCCC/C=C\C/C=C\C/C=C\C/C=C\CC)OC(=O)CCCCCCC/C=C\CCCCCC)OC(=O)CCCCCCC/C=C\C/C=C\CCCCC. The fourth-order valence-corrected chi connectivity index (χ4v) is 12.4. The van der Waals surface area contributed by atoms with E-state index in [0.29, 0.717) is 25.7 Å². The molecule has 17 nitrogen and oxygen atoms in total. The zero-order valence-corrected chi connectivity index (χ0v) is 68.4. The summed E-state index contributed by atoms with van der Waals surface area (Å²) in [4.78, 5) is 73.1. The minimum atomic E-state index is -4.99. The first kappa shape index (κ1) is 101. The van der Waals surface area contributed by atoms with Gasteiger partial charge in [0.1, 0.15) is 19.3 Å². The molecule has 19 heteroatoms. The number of phosphoric ester groups is 2. The smallest absolute Gasteiger partial charge is 0.462 e. The number of aliphatic hydroxyl groups is 1. The van der Waals surface area contributed by atoms with Gasteiger partial charge >= 0.3 is 39.5 Å². The van der Waals surface area contributed by atoms with Crippen molar-refractivity contribution in [3.8, 4) is 0 Å². The van der Waals surface area contributed by atoms with Gasteiger partial charge in [-0.2, -0.15) is 0 Å². The number of phosphoric acid groups is 2. The fourth-order valence-electron chi connectivity index (χ4n) is 10.8. The lowest BCUT2D eigenvalue weighted by Crippen LogP contribution is -2.30. The Morgan fingerprint density at radius 1 is 0.274 bits per heavy atom. The van der Waals surface area contributed by atoms with Crippen molar-refractivity contribution in [2.75, 3.05) is 39.6 Å². The van der Waals surface area contributed by atoms with Gasteiger partial charge in [-0.05, 0) is 161 Å². The molecule has 5 atom stereocenters. The average Bonchev–Trinajstić information content (AvgIpc) is 0.933. The highest BCUT2D eigenvalue weighted by atomic mass is 31.2. The van der Waals surface area contributed by atoms with E-state index in [4.69, 9.17) is 37.0 Å². The number of esters is 4. The van der Waals surface area contributed by atoms with Crippen molar-refractivity contribution in [2.24, 2.45) is 0 Å². The summed E-state index contributed by atoms with van der Waals surface area (Å²) in [7, 11) is -9.98. The standard InChI is InChI=1S/C87H148O17P2/c1-5-9-13-17-21-25-29-33-36-38-40-42-45-48-51-55-59-63-67-71-84(89)97-77-82(103-86(91)73-69-65-61-57-53-47-32-28-24-20-16-12-8-4)79-101-105(93,94)99-75-81(88)76-100-106(95,96)102-80-83(104-87(92)74-70-66-62-58-54-50-44-35-31-27-23-19-15-11-7-3)78-98-85(90)72-68-64-60-56-52-49-46-43-41-39-37-34-30-26-22-18-14-10-6-2/h9-10,13-14,21-23,25-28,32-37,40-44,81-83,88H,5-8,11-12,15-20,24,29-31,38-39,45-80H2,1-4H3,(H,93,94)(H,95,96)/b13-9-,14-10-,25-21-,26-22-,27-23-,32-28-,36-33-,37-34-,42-40-,43-41-,44-35-. The number of carbonyl (C=O) groups excluding carboxylic acids is 4. The topological polar surface area (TPSA) is 237 Å². The number of rotatable bonds is 77. The first-order valence-corrected chi connectivity index (χ1v) is 44.4. The summed E-state index contributed by atoms with van der Waals surface area (Å²) >= 11 is 0. The van der Waals surface area contributed by atoms with Crippen molar-refractivity contribution in [1.82, 2.24) is 0 Å². The number of hydrogen-bond acceptors (Lipinski definition) is 15. The van der Waals surface area contributed by atoms with E-state index in [-0.39, 0.29) is 25.7 Å². The minimum Gasteiger partial charge on any atom is -0.462 e. The summed E-state index contributed by atoms with van der Waals surface area (Å²) in [5.41, 5.74) is 0. The van der Waals surface area contributed by atoms with Gasteiger partial charge in [-0.1, -0.05) is 283 Å². The van der Waals surface area contributed by atoms with Crippen LogP contribution >= 0.6 is 15.6 Å². The molecule has 608 valence electrons. The Balaban J connectivity index is 5.38. The number of hydrogen-bond donors (Lipinski definition) is 3. The Bertz CT molecular complexity index is 2530. The normalized spacial score (nSPS) is 14.5. The van der Waals surface area contributed by atoms with Crippen LogP contribution in [0.2, 0.25) is 0 Å². The Morgan fingerprint density at radius 2 is 0.491 bits per heavy atom. The van der Waals surface area contributed by atoms with E-state index >= 15 is 0 Å². The minimum absolute atomic E-state index is 0.0729. The highest BCUT2D eigenvalue weighted by Gasteiger charge is 2.30. The second kappa shape index (κ2) is 78.3. The van der Waals surface area contributed by atoms with E-state index < -0.39 is 97.5 Å². The molecule has 0 aromatic carbocycles. The van der Waals surface area contributed by atoms with Crippen LogP contribution in [0.1, 0.15) is 336 Å². The van der Waals surface area contributed by atoms with Gasteiger partial charge in [0.25, 0.3) is 0 Å². The van der Waals surface area contributed by atoms with Gasteiger partial charge in [0, 0.05) is 25.7 Å². The quantitative estimate of drug-likeness (QED) is 0.0169. The molecule has 0 amide bonds. The van der Waals surface area contributed by atoms with Crippen LogP contribution in [-0.2, 0) is 65.4 Å². The molecule has 0 spiro atoms. The molecule has 0 rings (SSSR count). The number of allylic oxidation sites excluding steroid dienone is 22. The van der Waals surface area contributed by atoms with E-state index in [1.165, 1.54) is 44.9 Å². The third-order valence-electron chi connectivity index (χ3n) is 17.1. The maximum atomic E-state index is 13.1. The van der Waals surface area contributed by atoms with Gasteiger partial charge in [0.15, 0.2) is 12.2 Å². The zero-order chi connectivity index (χ0) is 77.4. The van der Waals surface area contributed by atoms with Crippen LogP contribution in [0.3, 0.4) is 0 Å². The molecular weight excluding hydrogens is 1380 g/mol. The third-order valence-corrected chi connectivity index (χ3v) is 19.0. The first-order chi connectivity index (χ1) is 51.7. The highest BCUT2D eigenvalue weighted by Crippen LogP contribution is 2.45. The molecular formula is C87H148O17P2. The lowest BCUT2D eigenvalue weighted by Gasteiger charge is -2.21. The van der Waals surface area contributed by atoms with E-state index in [1.807, 2.05) is 0 Å². The lowest BCUT2D eigenvalue weighted by atomic mass is 10.1. The second-order valence-electron chi connectivity index (χ2n) is 27.3. The molecule has 0 aromatic heterocycles. The maximum Gasteiger partial charge on any atom is 0.472 e. The summed E-state index contributed by atoms with van der Waals surface area (Å²) in [5.74, 6) is -2.22. The number of ether oxygens (including phenoxy) is 4. The van der Waals surface area contributed by atoms with Crippen LogP contribution < -0.4 is 0 Å². The van der Waals surface area contributed by atoms with Gasteiger partial charge in [-0.3, -0.25) is 37.3 Å². The molecule has 5 unspecified atom stereocenters. The molecule has 106 heavy (non-hydrogen) atoms. The van der Waals surface area contributed by atoms with Crippen LogP contribution in [0, 0.1) is 0 Å². The predicted molar refractivity (Wildman–Crippen MR) is 436 cm³/mol. The van der Waals surface area contributed by atoms with Crippen molar-refractivity contribution in [3.05, 3.63) is 134 Å². The van der Waals surface area contributed by atoms with Crippen molar-refractivity contribution >= 4 is 39.5 Å². The van der Waals surface area contributed by atoms with E-state index in [0.717, 1.165) is 212 Å². The summed E-state index contributed by atoms with van der Waals surface area (Å²) < 4.78 is 68.7. The summed E-state index contributed by atoms with van der Waals surface area (Å²) in [6, 6.07) is 0. The molecule has 0 aromatic rings. The molecule has 0 radical (unpaired) electrons. The Labute approximate surface area is 644 Å². The molecule has 0 fully saturated rings. The number of carbonyl (C=O) groups is 4. The predicted octanol–water partition coefficient (Wildman–Crippen LogP) is 24.4. The van der Waals surface area contributed by atoms with Crippen molar-refractivity contribution in [3.63, 3.8) is 0 Å². The number of unbranched alkanes of at least 4 members (excludes halogenated alkanes) is 29. The van der Waals surface area contributed by atoms with Crippen LogP contribution in [0.25, 0.3) is 0 Å². The van der Waals surface area contributed by atoms with Crippen LogP contribution in [0.4, 0.5) is 0 Å². The molecule has 0 aliphatic carbocycles. The maximum absolute atomic E-state index is 13.1. The van der Waals surface area contributed by atoms with Crippen molar-refractivity contribution < 1.29 is 80.2 Å².